The maximum absolute atomic E-state index is 11.2. The first-order valence-corrected chi connectivity index (χ1v) is 5.57. The van der Waals surface area contributed by atoms with E-state index in [0.717, 1.165) is 0 Å². The van der Waals surface area contributed by atoms with E-state index in [2.05, 4.69) is 10.9 Å². The highest BCUT2D eigenvalue weighted by molar-refractivity contribution is 7.98. The molecule has 0 aliphatic rings. The number of hydrogen-bond donors (Lipinski definition) is 1. The Hall–Kier alpha value is -1.07. The minimum Gasteiger partial charge on any atom is -0.478 e. The molecule has 1 unspecified atom stereocenters. The van der Waals surface area contributed by atoms with Crippen molar-refractivity contribution in [1.29, 1.82) is 0 Å². The van der Waals surface area contributed by atoms with Crippen molar-refractivity contribution in [1.82, 2.24) is 4.98 Å². The lowest BCUT2D eigenvalue weighted by atomic mass is 10.5. The lowest BCUT2D eigenvalue weighted by Crippen LogP contribution is -2.12. The zero-order chi connectivity index (χ0) is 9.90. The molecule has 13 heavy (non-hydrogen) atoms. The molecule has 0 fully saturated rings. The highest BCUT2D eigenvalue weighted by Crippen LogP contribution is 2.10. The highest BCUT2D eigenvalue weighted by atomic mass is 32.2. The zero-order valence-corrected chi connectivity index (χ0v) is 8.21. The van der Waals surface area contributed by atoms with Crippen molar-refractivity contribution in [3.8, 4) is 5.88 Å². The van der Waals surface area contributed by atoms with E-state index >= 15 is 0 Å². The fraction of sp³-hybridized carbons (Fsp3) is 0.250. The second-order valence-electron chi connectivity index (χ2n) is 2.49. The molecule has 0 aromatic carbocycles. The number of hydrogen-bond acceptors (Lipinski definition) is 3. The quantitative estimate of drug-likeness (QED) is 0.719. The van der Waals surface area contributed by atoms with Gasteiger partial charge in [0.15, 0.2) is 0 Å². The Morgan fingerprint density at radius 2 is 2.38 bits per heavy atom. The van der Waals surface area contributed by atoms with Crippen molar-refractivity contribution in [2.24, 2.45) is 5.14 Å². The Morgan fingerprint density at radius 3 is 2.77 bits per heavy atom. The third-order valence-electron chi connectivity index (χ3n) is 1.40. The second kappa shape index (κ2) is 3.76. The smallest absolute Gasteiger partial charge is 0.213 e. The Balaban J connectivity index is 2.94. The number of ether oxygens (including phenoxy) is 1. The third-order valence-corrected chi connectivity index (χ3v) is 2.44. The van der Waals surface area contributed by atoms with Crippen LogP contribution in [0.3, 0.4) is 0 Å². The average Bonchev–Trinajstić information content (AvgIpc) is 2.04. The van der Waals surface area contributed by atoms with Crippen molar-refractivity contribution >= 4 is 15.6 Å². The number of aromatic nitrogens is 1. The SMILES string of the molecule is C=S(N)(=O)c1ccc(OCC)nc1. The maximum Gasteiger partial charge on any atom is 0.213 e. The van der Waals surface area contributed by atoms with E-state index in [1.54, 1.807) is 12.1 Å². The second-order valence-corrected chi connectivity index (χ2v) is 4.42. The van der Waals surface area contributed by atoms with Gasteiger partial charge in [0, 0.05) is 12.3 Å². The summed E-state index contributed by atoms with van der Waals surface area (Å²) in [6, 6.07) is 3.23. The van der Waals surface area contributed by atoms with Gasteiger partial charge < -0.3 is 4.74 Å². The summed E-state index contributed by atoms with van der Waals surface area (Å²) in [5, 5.41) is 5.32. The van der Waals surface area contributed by atoms with Gasteiger partial charge in [-0.15, -0.1) is 0 Å². The van der Waals surface area contributed by atoms with Gasteiger partial charge in [0.2, 0.25) is 5.88 Å². The highest BCUT2D eigenvalue weighted by Gasteiger charge is 2.01. The molecule has 2 N–H and O–H groups in total. The van der Waals surface area contributed by atoms with Crippen LogP contribution in [0.15, 0.2) is 23.2 Å². The summed E-state index contributed by atoms with van der Waals surface area (Å²) in [6.07, 6.45) is 1.42. The molecule has 0 radical (unpaired) electrons. The van der Waals surface area contributed by atoms with Crippen LogP contribution in [0, 0.1) is 0 Å². The minimum atomic E-state index is -2.65. The number of rotatable bonds is 3. The van der Waals surface area contributed by atoms with Gasteiger partial charge >= 0.3 is 0 Å². The van der Waals surface area contributed by atoms with Gasteiger partial charge in [0.05, 0.1) is 21.2 Å². The van der Waals surface area contributed by atoms with Crippen LogP contribution in [0.25, 0.3) is 0 Å². The molecule has 0 aliphatic heterocycles. The van der Waals surface area contributed by atoms with Gasteiger partial charge in [-0.05, 0) is 18.9 Å². The first kappa shape index (κ1) is 10.0. The van der Waals surface area contributed by atoms with Gasteiger partial charge in [-0.3, -0.25) is 5.14 Å². The largest absolute Gasteiger partial charge is 0.478 e. The molecule has 0 saturated heterocycles. The molecule has 0 aliphatic carbocycles. The summed E-state index contributed by atoms with van der Waals surface area (Å²) in [5.74, 6) is 3.84. The van der Waals surface area contributed by atoms with E-state index in [1.807, 2.05) is 6.92 Å². The molecule has 0 amide bonds. The van der Waals surface area contributed by atoms with E-state index in [4.69, 9.17) is 9.88 Å². The summed E-state index contributed by atoms with van der Waals surface area (Å²) >= 11 is 0. The van der Waals surface area contributed by atoms with Crippen molar-refractivity contribution in [3.05, 3.63) is 18.3 Å². The molecule has 0 saturated carbocycles. The van der Waals surface area contributed by atoms with Crippen molar-refractivity contribution in [2.75, 3.05) is 6.61 Å². The normalized spacial score (nSPS) is 14.9. The van der Waals surface area contributed by atoms with Crippen LogP contribution >= 0.6 is 0 Å². The van der Waals surface area contributed by atoms with Crippen LogP contribution in [-0.2, 0) is 9.71 Å². The van der Waals surface area contributed by atoms with Crippen LogP contribution < -0.4 is 9.88 Å². The Morgan fingerprint density at radius 1 is 1.69 bits per heavy atom. The van der Waals surface area contributed by atoms with Crippen molar-refractivity contribution < 1.29 is 8.95 Å². The van der Waals surface area contributed by atoms with Crippen LogP contribution in [0.4, 0.5) is 0 Å². The molecule has 5 heteroatoms. The van der Waals surface area contributed by atoms with E-state index in [1.165, 1.54) is 6.20 Å². The molecule has 1 rings (SSSR count). The van der Waals surface area contributed by atoms with Crippen LogP contribution in [0.5, 0.6) is 5.88 Å². The van der Waals surface area contributed by atoms with Crippen LogP contribution in [-0.4, -0.2) is 21.7 Å². The Kier molecular flexibility index (Phi) is 2.90. The first-order valence-electron chi connectivity index (χ1n) is 3.78. The first-order chi connectivity index (χ1) is 6.04. The maximum atomic E-state index is 11.2. The van der Waals surface area contributed by atoms with Gasteiger partial charge in [0.25, 0.3) is 0 Å². The molecule has 0 spiro atoms. The summed E-state index contributed by atoms with van der Waals surface area (Å²) in [4.78, 5) is 4.34. The predicted octanol–water partition coefficient (Wildman–Crippen LogP) is 0.429. The molecule has 4 nitrogen and oxygen atoms in total. The molecule has 0 bridgehead atoms. The van der Waals surface area contributed by atoms with Crippen LogP contribution in [0.1, 0.15) is 6.92 Å². The monoisotopic (exact) mass is 200 g/mol. The van der Waals surface area contributed by atoms with E-state index < -0.39 is 9.71 Å². The molecule has 1 atom stereocenters. The predicted molar refractivity (Wildman–Crippen MR) is 53.1 cm³/mol. The lowest BCUT2D eigenvalue weighted by molar-refractivity contribution is 0.326. The van der Waals surface area contributed by atoms with Gasteiger partial charge in [-0.2, -0.15) is 0 Å². The van der Waals surface area contributed by atoms with Crippen molar-refractivity contribution in [2.45, 2.75) is 11.8 Å². The van der Waals surface area contributed by atoms with E-state index in [0.29, 0.717) is 17.4 Å². The number of nitrogens with zero attached hydrogens (tertiary/aromatic N) is 1. The standard InChI is InChI=1S/C8H12N2O2S/c1-3-12-8-5-4-7(6-10-8)13(2,9)11/h4-6H,2-3H2,1H3,(H2,9,11). The van der Waals surface area contributed by atoms with Crippen molar-refractivity contribution in [3.63, 3.8) is 0 Å². The fourth-order valence-corrected chi connectivity index (χ4v) is 1.33. The molecular weight excluding hydrogens is 188 g/mol. The number of nitrogens with two attached hydrogens (primary N) is 1. The van der Waals surface area contributed by atoms with Gasteiger partial charge in [-0.25, -0.2) is 9.19 Å². The van der Waals surface area contributed by atoms with Gasteiger partial charge in [0.1, 0.15) is 0 Å². The molecule has 1 aromatic rings. The van der Waals surface area contributed by atoms with E-state index in [-0.39, 0.29) is 0 Å². The molecule has 72 valence electrons. The lowest BCUT2D eigenvalue weighted by Gasteiger charge is -2.04. The molecule has 1 heterocycles. The Labute approximate surface area is 77.9 Å². The topological polar surface area (TPSA) is 65.2 Å². The minimum absolute atomic E-state index is 0.427. The average molecular weight is 200 g/mol. The third kappa shape index (κ3) is 2.71. The summed E-state index contributed by atoms with van der Waals surface area (Å²) in [6.45, 7) is 2.41. The number of pyridine rings is 1. The van der Waals surface area contributed by atoms with E-state index in [9.17, 15) is 4.21 Å². The fourth-order valence-electron chi connectivity index (χ4n) is 0.804. The molecule has 1 aromatic heterocycles. The van der Waals surface area contributed by atoms with Gasteiger partial charge in [-0.1, -0.05) is 0 Å². The Bertz CT molecular complexity index is 370. The molecular formula is C8H12N2O2S. The summed E-state index contributed by atoms with van der Waals surface area (Å²) in [7, 11) is -2.65. The zero-order valence-electron chi connectivity index (χ0n) is 7.40. The van der Waals surface area contributed by atoms with Crippen LogP contribution in [0.2, 0.25) is 0 Å². The summed E-state index contributed by atoms with van der Waals surface area (Å²) in [5.41, 5.74) is 0. The summed E-state index contributed by atoms with van der Waals surface area (Å²) < 4.78 is 16.4.